The van der Waals surface area contributed by atoms with Crippen LogP contribution >= 0.6 is 0 Å². The molecule has 0 aliphatic carbocycles. The smallest absolute Gasteiger partial charge is 0.253 e. The second-order valence-corrected chi connectivity index (χ2v) is 4.38. The number of rotatable bonds is 1. The average Bonchev–Trinajstić information content (AvgIpc) is 2.56. The number of hydrogen-bond donors (Lipinski definition) is 1. The van der Waals surface area contributed by atoms with E-state index in [9.17, 15) is 14.3 Å². The highest BCUT2D eigenvalue weighted by Crippen LogP contribution is 2.28. The van der Waals surface area contributed by atoms with Gasteiger partial charge in [0.15, 0.2) is 6.67 Å². The number of aromatic hydroxyl groups is 1. The van der Waals surface area contributed by atoms with Gasteiger partial charge in [0.2, 0.25) is 0 Å². The molecular weight excluding hydrogens is 221 g/mol. The van der Waals surface area contributed by atoms with E-state index in [-0.39, 0.29) is 0 Å². The van der Waals surface area contributed by atoms with Crippen molar-refractivity contribution in [2.45, 2.75) is 19.8 Å². The van der Waals surface area contributed by atoms with Crippen molar-refractivity contribution in [1.29, 1.82) is 0 Å². The third-order valence-corrected chi connectivity index (χ3v) is 3.33. The summed E-state index contributed by atoms with van der Waals surface area (Å²) in [6, 6.07) is 3.86. The topological polar surface area (TPSA) is 40.5 Å². The molecular formula is C13H16FNO2. The van der Waals surface area contributed by atoms with E-state index in [4.69, 9.17) is 0 Å². The Morgan fingerprint density at radius 3 is 2.82 bits per heavy atom. The fourth-order valence-corrected chi connectivity index (χ4v) is 2.26. The normalized spacial score (nSPS) is 15.3. The summed E-state index contributed by atoms with van der Waals surface area (Å²) in [7, 11) is 0. The van der Waals surface area contributed by atoms with Crippen molar-refractivity contribution < 1.29 is 14.3 Å². The first-order valence-corrected chi connectivity index (χ1v) is 5.77. The first-order valence-electron chi connectivity index (χ1n) is 5.77. The molecule has 1 amide bonds. The highest BCUT2D eigenvalue weighted by Gasteiger charge is 2.20. The third kappa shape index (κ3) is 2.25. The number of nitrogens with zero attached hydrogens (tertiary/aromatic N) is 1. The van der Waals surface area contributed by atoms with Gasteiger partial charge in [0.1, 0.15) is 5.75 Å². The van der Waals surface area contributed by atoms with Gasteiger partial charge in [-0.3, -0.25) is 4.79 Å². The maximum atomic E-state index is 12.3. The Bertz CT molecular complexity index is 445. The summed E-state index contributed by atoms with van der Waals surface area (Å²) in [5.74, 6) is -0.147. The van der Waals surface area contributed by atoms with Crippen LogP contribution in [0.5, 0.6) is 5.75 Å². The molecule has 0 radical (unpaired) electrons. The maximum Gasteiger partial charge on any atom is 0.253 e. The molecule has 92 valence electrons. The summed E-state index contributed by atoms with van der Waals surface area (Å²) in [5.41, 5.74) is 2.80. The number of benzene rings is 1. The SMILES string of the molecule is Cc1ccc2c(c1O)CCN(C(=O)CF)CC2. The van der Waals surface area contributed by atoms with Crippen molar-refractivity contribution in [3.8, 4) is 5.75 Å². The van der Waals surface area contributed by atoms with Gasteiger partial charge < -0.3 is 10.0 Å². The van der Waals surface area contributed by atoms with Crippen molar-refractivity contribution in [1.82, 2.24) is 4.90 Å². The van der Waals surface area contributed by atoms with E-state index in [1.165, 1.54) is 4.90 Å². The number of fused-ring (bicyclic) bond motifs is 1. The molecule has 1 heterocycles. The lowest BCUT2D eigenvalue weighted by Crippen LogP contribution is -2.34. The second kappa shape index (κ2) is 4.73. The van der Waals surface area contributed by atoms with Gasteiger partial charge >= 0.3 is 0 Å². The molecule has 4 heteroatoms. The molecule has 0 spiro atoms. The number of phenolic OH excluding ortho intramolecular Hbond substituents is 1. The summed E-state index contributed by atoms with van der Waals surface area (Å²) in [6.07, 6.45) is 1.27. The summed E-state index contributed by atoms with van der Waals surface area (Å²) in [4.78, 5) is 12.8. The lowest BCUT2D eigenvalue weighted by atomic mass is 9.99. The minimum atomic E-state index is -0.943. The number of halogens is 1. The molecule has 0 unspecified atom stereocenters. The quantitative estimate of drug-likeness (QED) is 0.806. The van der Waals surface area contributed by atoms with Crippen LogP contribution in [-0.2, 0) is 17.6 Å². The highest BCUT2D eigenvalue weighted by atomic mass is 19.1. The molecule has 0 fully saturated rings. The molecule has 1 aliphatic heterocycles. The summed E-state index contributed by atoms with van der Waals surface area (Å²) in [6.45, 7) is 1.91. The van der Waals surface area contributed by atoms with Crippen LogP contribution in [0.1, 0.15) is 16.7 Å². The van der Waals surface area contributed by atoms with Crippen LogP contribution in [0, 0.1) is 6.92 Å². The van der Waals surface area contributed by atoms with Crippen LogP contribution in [0.3, 0.4) is 0 Å². The zero-order valence-electron chi connectivity index (χ0n) is 9.87. The van der Waals surface area contributed by atoms with Gasteiger partial charge in [-0.05, 0) is 36.5 Å². The molecule has 1 aromatic carbocycles. The summed E-state index contributed by atoms with van der Waals surface area (Å²) in [5, 5.41) is 9.97. The van der Waals surface area contributed by atoms with E-state index in [1.54, 1.807) is 0 Å². The Hall–Kier alpha value is -1.58. The van der Waals surface area contributed by atoms with Gasteiger partial charge in [-0.1, -0.05) is 12.1 Å². The first kappa shape index (κ1) is 11.9. The summed E-state index contributed by atoms with van der Waals surface area (Å²) >= 11 is 0. The molecule has 3 nitrogen and oxygen atoms in total. The number of aryl methyl sites for hydroxylation is 1. The van der Waals surface area contributed by atoms with Gasteiger partial charge in [0, 0.05) is 13.1 Å². The largest absolute Gasteiger partial charge is 0.507 e. The zero-order chi connectivity index (χ0) is 12.4. The van der Waals surface area contributed by atoms with E-state index >= 15 is 0 Å². The van der Waals surface area contributed by atoms with E-state index in [0.29, 0.717) is 31.7 Å². The van der Waals surface area contributed by atoms with Gasteiger partial charge in [0.25, 0.3) is 5.91 Å². The minimum Gasteiger partial charge on any atom is -0.507 e. The molecule has 1 aromatic rings. The standard InChI is InChI=1S/C13H16FNO2/c1-9-2-3-10-4-6-15(12(16)8-14)7-5-11(10)13(9)17/h2-3,17H,4-8H2,1H3. The van der Waals surface area contributed by atoms with Crippen LogP contribution in [0.25, 0.3) is 0 Å². The number of carbonyl (C=O) groups excluding carboxylic acids is 1. The fourth-order valence-electron chi connectivity index (χ4n) is 2.26. The van der Waals surface area contributed by atoms with Crippen molar-refractivity contribution in [3.05, 3.63) is 28.8 Å². The Balaban J connectivity index is 2.24. The third-order valence-electron chi connectivity index (χ3n) is 3.33. The molecule has 2 rings (SSSR count). The van der Waals surface area contributed by atoms with Crippen LogP contribution in [-0.4, -0.2) is 35.7 Å². The van der Waals surface area contributed by atoms with E-state index in [2.05, 4.69) is 0 Å². The first-order chi connectivity index (χ1) is 8.13. The molecule has 17 heavy (non-hydrogen) atoms. The number of carbonyl (C=O) groups is 1. The van der Waals surface area contributed by atoms with Crippen molar-refractivity contribution in [2.24, 2.45) is 0 Å². The van der Waals surface area contributed by atoms with E-state index < -0.39 is 12.6 Å². The molecule has 0 aromatic heterocycles. The lowest BCUT2D eigenvalue weighted by molar-refractivity contribution is -0.132. The van der Waals surface area contributed by atoms with Gasteiger partial charge in [0.05, 0.1) is 0 Å². The van der Waals surface area contributed by atoms with Crippen LogP contribution < -0.4 is 0 Å². The van der Waals surface area contributed by atoms with Crippen molar-refractivity contribution in [3.63, 3.8) is 0 Å². The second-order valence-electron chi connectivity index (χ2n) is 4.38. The minimum absolute atomic E-state index is 0.317. The monoisotopic (exact) mass is 237 g/mol. The Kier molecular flexibility index (Phi) is 3.31. The van der Waals surface area contributed by atoms with Crippen LogP contribution in [0.15, 0.2) is 12.1 Å². The predicted molar refractivity (Wildman–Crippen MR) is 62.8 cm³/mol. The molecule has 0 atom stereocenters. The van der Waals surface area contributed by atoms with E-state index in [0.717, 1.165) is 16.7 Å². The molecule has 1 N–H and O–H groups in total. The molecule has 1 aliphatic rings. The van der Waals surface area contributed by atoms with Crippen LogP contribution in [0.2, 0.25) is 0 Å². The zero-order valence-corrected chi connectivity index (χ0v) is 9.87. The highest BCUT2D eigenvalue weighted by molar-refractivity contribution is 5.77. The number of amides is 1. The molecule has 0 saturated carbocycles. The molecule has 0 bridgehead atoms. The fraction of sp³-hybridized carbons (Fsp3) is 0.462. The van der Waals surface area contributed by atoms with Crippen LogP contribution in [0.4, 0.5) is 4.39 Å². The van der Waals surface area contributed by atoms with E-state index in [1.807, 2.05) is 19.1 Å². The Labute approximate surface area is 99.9 Å². The Morgan fingerprint density at radius 2 is 2.12 bits per heavy atom. The maximum absolute atomic E-state index is 12.3. The average molecular weight is 237 g/mol. The number of hydrogen-bond acceptors (Lipinski definition) is 2. The Morgan fingerprint density at radius 1 is 1.41 bits per heavy atom. The van der Waals surface area contributed by atoms with Gasteiger partial charge in [-0.15, -0.1) is 0 Å². The van der Waals surface area contributed by atoms with Crippen molar-refractivity contribution in [2.75, 3.05) is 19.8 Å². The van der Waals surface area contributed by atoms with Gasteiger partial charge in [-0.25, -0.2) is 4.39 Å². The van der Waals surface area contributed by atoms with Crippen molar-refractivity contribution >= 4 is 5.91 Å². The predicted octanol–water partition coefficient (Wildman–Crippen LogP) is 1.60. The number of alkyl halides is 1. The number of phenols is 1. The summed E-state index contributed by atoms with van der Waals surface area (Å²) < 4.78 is 12.3. The lowest BCUT2D eigenvalue weighted by Gasteiger charge is -2.18. The van der Waals surface area contributed by atoms with Gasteiger partial charge in [-0.2, -0.15) is 0 Å². The molecule has 0 saturated heterocycles.